The van der Waals surface area contributed by atoms with Gasteiger partial charge in [0.1, 0.15) is 50.9 Å². The van der Waals surface area contributed by atoms with Crippen molar-refractivity contribution in [3.05, 3.63) is 256 Å². The maximum atomic E-state index is 12.8. The van der Waals surface area contributed by atoms with Crippen LogP contribution in [0, 0.1) is 3.57 Å². The average Bonchev–Trinajstić information content (AvgIpc) is 4.15. The van der Waals surface area contributed by atoms with Crippen LogP contribution in [0.4, 0.5) is 0 Å². The normalized spacial score (nSPS) is 14.0. The Bertz CT molecular complexity index is 4150. The fourth-order valence-corrected chi connectivity index (χ4v) is 12.3. The molecule has 14 rings (SSSR count). The van der Waals surface area contributed by atoms with E-state index in [2.05, 4.69) is 92.4 Å². The molecule has 0 saturated heterocycles. The zero-order valence-electron chi connectivity index (χ0n) is 38.0. The van der Waals surface area contributed by atoms with Crippen LogP contribution in [0.3, 0.4) is 0 Å². The van der Waals surface area contributed by atoms with Gasteiger partial charge in [-0.2, -0.15) is 0 Å². The molecule has 0 aliphatic heterocycles. The molecule has 0 amide bonds. The van der Waals surface area contributed by atoms with Gasteiger partial charge in [-0.15, -0.1) is 0 Å². The molecule has 10 aromatic carbocycles. The predicted octanol–water partition coefficient (Wildman–Crippen LogP) is 19.6. The van der Waals surface area contributed by atoms with Crippen LogP contribution in [0.1, 0.15) is 32.6 Å². The number of benzene rings is 10. The van der Waals surface area contributed by atoms with E-state index in [1.165, 1.54) is 0 Å². The fourth-order valence-electron chi connectivity index (χ4n) is 9.85. The second kappa shape index (κ2) is 19.5. The Hall–Kier alpha value is -6.32. The predicted molar refractivity (Wildman–Crippen MR) is 313 cm³/mol. The molecule has 0 bridgehead atoms. The summed E-state index contributed by atoms with van der Waals surface area (Å²) in [5.41, 5.74) is 8.94. The highest BCUT2D eigenvalue weighted by molar-refractivity contribution is 14.1. The molecule has 0 radical (unpaired) electrons. The molecule has 2 heterocycles. The van der Waals surface area contributed by atoms with Gasteiger partial charge in [0.25, 0.3) is 0 Å². The Morgan fingerprint density at radius 3 is 1.59 bits per heavy atom. The van der Waals surface area contributed by atoms with Crippen LogP contribution in [0.5, 0.6) is 23.0 Å². The SMILES string of the molecule is Ic1ccccc1Oc1ccccc1.O=C1c2cc(Br)ccc2-c2c1cc(Br)c1c2oc2ccccc21.OC1(c2ccccc2Oc2ccccc2)c2cc(Br)ccc2-c2c1cc(Br)c1c2oc2ccccc21. The second-order valence-electron chi connectivity index (χ2n) is 17.3. The van der Waals surface area contributed by atoms with Crippen molar-refractivity contribution in [2.75, 3.05) is 0 Å². The lowest BCUT2D eigenvalue weighted by Gasteiger charge is -2.28. The molecular formula is C62H35Br4IO6. The molecule has 2 aromatic heterocycles. The van der Waals surface area contributed by atoms with Crippen molar-refractivity contribution in [3.63, 3.8) is 0 Å². The fraction of sp³-hybridized carbons (Fsp3) is 0.0161. The third kappa shape index (κ3) is 8.44. The summed E-state index contributed by atoms with van der Waals surface area (Å²) in [7, 11) is 0. The molecule has 11 heteroatoms. The Morgan fingerprint density at radius 2 is 0.945 bits per heavy atom. The van der Waals surface area contributed by atoms with E-state index in [9.17, 15) is 9.90 Å². The number of furan rings is 2. The summed E-state index contributed by atoms with van der Waals surface area (Å²) in [5.74, 6) is 3.11. The van der Waals surface area contributed by atoms with E-state index >= 15 is 0 Å². The van der Waals surface area contributed by atoms with Crippen LogP contribution in [0.25, 0.3) is 66.1 Å². The van der Waals surface area contributed by atoms with E-state index in [-0.39, 0.29) is 5.78 Å². The highest BCUT2D eigenvalue weighted by Gasteiger charge is 2.47. The van der Waals surface area contributed by atoms with Crippen LogP contribution in [0.2, 0.25) is 0 Å². The molecule has 0 spiro atoms. The lowest BCUT2D eigenvalue weighted by atomic mass is 9.83. The standard InChI is InChI=1S/C31H18Br2O3.C19H8Br2O2.C12H9IO/c32-18-14-15-20-23(16-18)31(34,22-11-5-7-13-27(22)35-19-8-2-1-3-9-19)24-17-25(33)29-21-10-4-6-12-26(21)36-30(29)28(20)24;20-9-5-6-10-12(7-9)18(22)13-8-14(21)17-11-3-1-2-4-15(11)23-19(17)16(10)13;13-11-8-4-5-9-12(11)14-10-6-2-1-3-7-10/h1-17,34H;1-8H;1-9H. The van der Waals surface area contributed by atoms with Gasteiger partial charge in [0.2, 0.25) is 0 Å². The minimum absolute atomic E-state index is 0.0411. The van der Waals surface area contributed by atoms with Crippen molar-refractivity contribution in [2.24, 2.45) is 0 Å². The molecule has 0 fully saturated rings. The first-order chi connectivity index (χ1) is 35.6. The van der Waals surface area contributed by atoms with Crippen LogP contribution in [-0.4, -0.2) is 10.9 Å². The molecule has 6 nitrogen and oxygen atoms in total. The first-order valence-corrected chi connectivity index (χ1v) is 27.3. The first-order valence-electron chi connectivity index (χ1n) is 23.0. The third-order valence-corrected chi connectivity index (χ3v) is 16.2. The zero-order chi connectivity index (χ0) is 50.0. The largest absolute Gasteiger partial charge is 0.457 e. The number of fused-ring (bicyclic) bond motifs is 14. The third-order valence-electron chi connectivity index (χ3n) is 13.0. The van der Waals surface area contributed by atoms with Crippen LogP contribution < -0.4 is 9.47 Å². The lowest BCUT2D eigenvalue weighted by molar-refractivity contribution is 0.104. The van der Waals surface area contributed by atoms with E-state index in [1.807, 2.05) is 200 Å². The van der Waals surface area contributed by atoms with Crippen LogP contribution in [0.15, 0.2) is 233 Å². The number of para-hydroxylation sites is 6. The van der Waals surface area contributed by atoms with E-state index in [0.29, 0.717) is 28.2 Å². The average molecular weight is 1320 g/mol. The molecule has 354 valence electrons. The number of hydrogen-bond donors (Lipinski definition) is 1. The van der Waals surface area contributed by atoms with Crippen molar-refractivity contribution >= 4 is 136 Å². The lowest BCUT2D eigenvalue weighted by Crippen LogP contribution is -2.27. The number of rotatable bonds is 5. The number of carbonyl (C=O) groups is 1. The summed E-state index contributed by atoms with van der Waals surface area (Å²) >= 11 is 16.7. The van der Waals surface area contributed by atoms with Gasteiger partial charge in [0.05, 0.1) is 3.57 Å². The van der Waals surface area contributed by atoms with Crippen molar-refractivity contribution in [3.8, 4) is 45.3 Å². The van der Waals surface area contributed by atoms with E-state index in [4.69, 9.17) is 18.3 Å². The molecular weight excluding hydrogens is 1290 g/mol. The summed E-state index contributed by atoms with van der Waals surface area (Å²) in [4.78, 5) is 12.8. The van der Waals surface area contributed by atoms with Gasteiger partial charge in [0.15, 0.2) is 5.78 Å². The number of halogens is 5. The van der Waals surface area contributed by atoms with Crippen molar-refractivity contribution in [1.82, 2.24) is 0 Å². The number of ketones is 1. The van der Waals surface area contributed by atoms with Crippen LogP contribution >= 0.6 is 86.3 Å². The molecule has 0 saturated carbocycles. The van der Waals surface area contributed by atoms with Gasteiger partial charge in [-0.25, -0.2) is 0 Å². The summed E-state index contributed by atoms with van der Waals surface area (Å²) < 4.78 is 29.2. The number of aliphatic hydroxyl groups is 1. The molecule has 1 atom stereocenters. The zero-order valence-corrected chi connectivity index (χ0v) is 46.5. The summed E-state index contributed by atoms with van der Waals surface area (Å²) in [5, 5.41) is 16.8. The van der Waals surface area contributed by atoms with Gasteiger partial charge in [-0.3, -0.25) is 4.79 Å². The Balaban J connectivity index is 0.000000125. The van der Waals surface area contributed by atoms with E-state index in [0.717, 1.165) is 110 Å². The summed E-state index contributed by atoms with van der Waals surface area (Å²) in [6.45, 7) is 0. The molecule has 2 aliphatic carbocycles. The van der Waals surface area contributed by atoms with Crippen molar-refractivity contribution in [2.45, 2.75) is 5.60 Å². The van der Waals surface area contributed by atoms with E-state index in [1.54, 1.807) is 0 Å². The summed E-state index contributed by atoms with van der Waals surface area (Å²) in [6.07, 6.45) is 0. The van der Waals surface area contributed by atoms with Gasteiger partial charge < -0.3 is 23.4 Å². The van der Waals surface area contributed by atoms with Crippen LogP contribution in [-0.2, 0) is 5.60 Å². The maximum Gasteiger partial charge on any atom is 0.194 e. The molecule has 73 heavy (non-hydrogen) atoms. The number of carbonyl (C=O) groups excluding carboxylic acids is 1. The Labute approximate surface area is 466 Å². The molecule has 1 N–H and O–H groups in total. The second-order valence-corrected chi connectivity index (χ2v) is 22.0. The van der Waals surface area contributed by atoms with Gasteiger partial charge in [-0.1, -0.05) is 147 Å². The minimum atomic E-state index is -1.46. The first kappa shape index (κ1) is 47.7. The Kier molecular flexibility index (Phi) is 12.7. The van der Waals surface area contributed by atoms with Crippen molar-refractivity contribution in [1.29, 1.82) is 0 Å². The number of hydrogen-bond acceptors (Lipinski definition) is 6. The van der Waals surface area contributed by atoms with Gasteiger partial charge in [-0.05, 0) is 157 Å². The van der Waals surface area contributed by atoms with Gasteiger partial charge in [0, 0.05) is 78.4 Å². The molecule has 12 aromatic rings. The Morgan fingerprint density at radius 1 is 0.438 bits per heavy atom. The smallest absolute Gasteiger partial charge is 0.194 e. The van der Waals surface area contributed by atoms with Gasteiger partial charge >= 0.3 is 0 Å². The monoisotopic (exact) mass is 1320 g/mol. The molecule has 2 aliphatic rings. The highest BCUT2D eigenvalue weighted by Crippen LogP contribution is 2.58. The topological polar surface area (TPSA) is 82.0 Å². The number of ether oxygens (including phenoxy) is 2. The summed E-state index contributed by atoms with van der Waals surface area (Å²) in [6, 6.07) is 66.8. The van der Waals surface area contributed by atoms with E-state index < -0.39 is 5.60 Å². The highest BCUT2D eigenvalue weighted by atomic mass is 127. The maximum absolute atomic E-state index is 12.8. The molecule has 1 unspecified atom stereocenters. The minimum Gasteiger partial charge on any atom is -0.457 e. The van der Waals surface area contributed by atoms with Crippen molar-refractivity contribution < 1.29 is 28.2 Å². The quantitative estimate of drug-likeness (QED) is 0.173.